The number of aliphatic hydroxyl groups is 1. The third-order valence-electron chi connectivity index (χ3n) is 6.86. The Morgan fingerprint density at radius 2 is 1.36 bits per heavy atom. The van der Waals surface area contributed by atoms with Gasteiger partial charge in [-0.3, -0.25) is 4.99 Å². The molecular formula is C33H31NO2. The molecule has 3 nitrogen and oxygen atoms in total. The van der Waals surface area contributed by atoms with Crippen LogP contribution in [0, 0.1) is 5.41 Å². The lowest BCUT2D eigenvalue weighted by molar-refractivity contribution is 0.191. The number of aromatic hydroxyl groups is 1. The molecule has 5 rings (SSSR count). The first-order valence-electron chi connectivity index (χ1n) is 12.3. The molecule has 0 heterocycles. The van der Waals surface area contributed by atoms with E-state index in [-0.39, 0.29) is 23.8 Å². The molecule has 0 unspecified atom stereocenters. The fourth-order valence-corrected chi connectivity index (χ4v) is 4.76. The molecule has 0 aliphatic carbocycles. The Bertz CT molecular complexity index is 1560. The number of aliphatic imine (C=N–C) groups is 1. The summed E-state index contributed by atoms with van der Waals surface area (Å²) in [6.45, 7) is 6.11. The maximum atomic E-state index is 11.7. The maximum Gasteiger partial charge on any atom is 0.132 e. The summed E-state index contributed by atoms with van der Waals surface area (Å²) in [5.74, 6) is 0.193. The van der Waals surface area contributed by atoms with Gasteiger partial charge >= 0.3 is 0 Å². The minimum absolute atomic E-state index is 0.0506. The highest BCUT2D eigenvalue weighted by Gasteiger charge is 2.23. The van der Waals surface area contributed by atoms with Crippen LogP contribution in [0.4, 0.5) is 0 Å². The second-order valence-corrected chi connectivity index (χ2v) is 10.4. The molecule has 0 aromatic heterocycles. The first-order valence-corrected chi connectivity index (χ1v) is 12.3. The second-order valence-electron chi connectivity index (χ2n) is 10.4. The lowest BCUT2D eigenvalue weighted by atomic mass is 9.87. The zero-order valence-corrected chi connectivity index (χ0v) is 20.9. The molecule has 5 aromatic carbocycles. The summed E-state index contributed by atoms with van der Waals surface area (Å²) in [4.78, 5) is 4.68. The number of rotatable bonds is 5. The molecule has 0 amide bonds. The average molecular weight is 474 g/mol. The summed E-state index contributed by atoms with van der Waals surface area (Å²) in [6, 6.07) is 32.8. The van der Waals surface area contributed by atoms with E-state index in [1.165, 1.54) is 0 Å². The first-order chi connectivity index (χ1) is 17.4. The lowest BCUT2D eigenvalue weighted by Gasteiger charge is -2.25. The van der Waals surface area contributed by atoms with E-state index in [1.807, 2.05) is 48.5 Å². The number of benzene rings is 5. The Balaban J connectivity index is 1.80. The van der Waals surface area contributed by atoms with Gasteiger partial charge in [0.25, 0.3) is 0 Å². The van der Waals surface area contributed by atoms with Crippen LogP contribution in [0.3, 0.4) is 0 Å². The summed E-state index contributed by atoms with van der Waals surface area (Å²) in [5, 5.41) is 25.8. The number of hydrogen-bond acceptors (Lipinski definition) is 3. The third-order valence-corrected chi connectivity index (χ3v) is 6.86. The molecule has 0 aliphatic heterocycles. The van der Waals surface area contributed by atoms with Crippen molar-refractivity contribution < 1.29 is 10.2 Å². The van der Waals surface area contributed by atoms with E-state index >= 15 is 0 Å². The van der Waals surface area contributed by atoms with E-state index in [0.717, 1.165) is 43.8 Å². The summed E-state index contributed by atoms with van der Waals surface area (Å²) >= 11 is 0. The Morgan fingerprint density at radius 1 is 0.750 bits per heavy atom. The zero-order valence-electron chi connectivity index (χ0n) is 20.9. The van der Waals surface area contributed by atoms with Gasteiger partial charge in [-0.05, 0) is 61.8 Å². The van der Waals surface area contributed by atoms with Gasteiger partial charge in [-0.25, -0.2) is 0 Å². The van der Waals surface area contributed by atoms with Crippen LogP contribution in [0.1, 0.15) is 26.3 Å². The molecule has 3 heteroatoms. The second kappa shape index (κ2) is 9.60. The molecule has 0 saturated carbocycles. The monoisotopic (exact) mass is 473 g/mol. The molecule has 0 saturated heterocycles. The maximum absolute atomic E-state index is 11.7. The highest BCUT2D eigenvalue weighted by Crippen LogP contribution is 2.43. The summed E-state index contributed by atoms with van der Waals surface area (Å²) in [5.41, 5.74) is 4.44. The van der Waals surface area contributed by atoms with Crippen LogP contribution in [-0.2, 0) is 0 Å². The summed E-state index contributed by atoms with van der Waals surface area (Å²) < 4.78 is 0. The van der Waals surface area contributed by atoms with Crippen molar-refractivity contribution in [3.05, 3.63) is 103 Å². The van der Waals surface area contributed by atoms with Crippen molar-refractivity contribution in [1.82, 2.24) is 0 Å². The lowest BCUT2D eigenvalue weighted by Crippen LogP contribution is -2.28. The van der Waals surface area contributed by atoms with Crippen molar-refractivity contribution in [1.29, 1.82) is 0 Å². The number of fused-ring (bicyclic) bond motifs is 2. The number of nitrogens with zero attached hydrogens (tertiary/aromatic N) is 1. The van der Waals surface area contributed by atoms with E-state index in [4.69, 9.17) is 0 Å². The van der Waals surface area contributed by atoms with Crippen LogP contribution >= 0.6 is 0 Å². The normalized spacial score (nSPS) is 13.0. The van der Waals surface area contributed by atoms with Crippen molar-refractivity contribution in [3.63, 3.8) is 0 Å². The van der Waals surface area contributed by atoms with Crippen molar-refractivity contribution in [3.8, 4) is 28.0 Å². The number of hydrogen-bond donors (Lipinski definition) is 2. The molecular weight excluding hydrogens is 442 g/mol. The average Bonchev–Trinajstić information content (AvgIpc) is 2.88. The summed E-state index contributed by atoms with van der Waals surface area (Å²) in [6.07, 6.45) is 1.71. The predicted octanol–water partition coefficient (Wildman–Crippen LogP) is 7.86. The van der Waals surface area contributed by atoms with Crippen LogP contribution in [0.2, 0.25) is 0 Å². The highest BCUT2D eigenvalue weighted by atomic mass is 16.3. The summed E-state index contributed by atoms with van der Waals surface area (Å²) in [7, 11) is 0. The van der Waals surface area contributed by atoms with Crippen LogP contribution in [0.25, 0.3) is 43.8 Å². The van der Waals surface area contributed by atoms with Gasteiger partial charge in [-0.15, -0.1) is 0 Å². The fraction of sp³-hybridized carbons (Fsp3) is 0.182. The van der Waals surface area contributed by atoms with Crippen molar-refractivity contribution in [2.45, 2.75) is 26.8 Å². The molecule has 5 aromatic rings. The smallest absolute Gasteiger partial charge is 0.132 e. The minimum Gasteiger partial charge on any atom is -0.507 e. The van der Waals surface area contributed by atoms with Gasteiger partial charge in [0.1, 0.15) is 5.75 Å². The number of phenolic OH excluding ortho intramolecular Hbond substituents is 1. The zero-order chi connectivity index (χ0) is 25.3. The van der Waals surface area contributed by atoms with E-state index in [0.29, 0.717) is 5.56 Å². The van der Waals surface area contributed by atoms with E-state index < -0.39 is 0 Å². The van der Waals surface area contributed by atoms with Gasteiger partial charge in [0, 0.05) is 17.3 Å². The van der Waals surface area contributed by atoms with Crippen LogP contribution < -0.4 is 0 Å². The molecule has 0 spiro atoms. The van der Waals surface area contributed by atoms with Crippen molar-refractivity contribution in [2.24, 2.45) is 10.4 Å². The fourth-order valence-electron chi connectivity index (χ4n) is 4.76. The Kier molecular flexibility index (Phi) is 6.34. The van der Waals surface area contributed by atoms with Crippen LogP contribution in [0.15, 0.2) is 102 Å². The van der Waals surface area contributed by atoms with E-state index in [2.05, 4.69) is 74.3 Å². The quantitative estimate of drug-likeness (QED) is 0.255. The van der Waals surface area contributed by atoms with Crippen molar-refractivity contribution >= 4 is 27.8 Å². The predicted molar refractivity (Wildman–Crippen MR) is 152 cm³/mol. The van der Waals surface area contributed by atoms with Gasteiger partial charge < -0.3 is 10.2 Å². The molecule has 0 radical (unpaired) electrons. The van der Waals surface area contributed by atoms with E-state index in [1.54, 1.807) is 6.21 Å². The topological polar surface area (TPSA) is 52.8 Å². The number of phenols is 1. The molecule has 36 heavy (non-hydrogen) atoms. The Hall–Kier alpha value is -3.95. The SMILES string of the molecule is CC(C)(C)[C@@H](CO)N=Cc1cc2ccccc2c(-c2cc(-c3ccccc3)cc3ccccc23)c1O. The van der Waals surface area contributed by atoms with Gasteiger partial charge in [0.05, 0.1) is 12.6 Å². The first kappa shape index (κ1) is 23.8. The molecule has 0 aliphatic rings. The van der Waals surface area contributed by atoms with Gasteiger partial charge in [-0.1, -0.05) is 99.6 Å². The largest absolute Gasteiger partial charge is 0.507 e. The van der Waals surface area contributed by atoms with Crippen LogP contribution in [-0.4, -0.2) is 29.1 Å². The highest BCUT2D eigenvalue weighted by molar-refractivity contribution is 6.11. The molecule has 180 valence electrons. The third kappa shape index (κ3) is 4.50. The minimum atomic E-state index is -0.269. The molecule has 0 fully saturated rings. The Labute approximate surface area is 212 Å². The van der Waals surface area contributed by atoms with Crippen molar-refractivity contribution in [2.75, 3.05) is 6.61 Å². The molecule has 2 N–H and O–H groups in total. The van der Waals surface area contributed by atoms with Gasteiger partial charge in [0.2, 0.25) is 0 Å². The van der Waals surface area contributed by atoms with Gasteiger partial charge in [-0.2, -0.15) is 0 Å². The molecule has 1 atom stereocenters. The van der Waals surface area contributed by atoms with Crippen LogP contribution in [0.5, 0.6) is 5.75 Å². The number of aliphatic hydroxyl groups excluding tert-OH is 1. The van der Waals surface area contributed by atoms with E-state index in [9.17, 15) is 10.2 Å². The standard InChI is InChI=1S/C33H31NO2/c1-33(2,3)30(21-35)34-20-26-18-24-14-8-10-16-28(24)31(32(26)36)29-19-25(22-11-5-4-6-12-22)17-23-13-7-9-15-27(23)29/h4-20,30,35-36H,21H2,1-3H3/t30-/m1/s1. The molecule has 0 bridgehead atoms. The Morgan fingerprint density at radius 3 is 2.03 bits per heavy atom. The van der Waals surface area contributed by atoms with Gasteiger partial charge in [0.15, 0.2) is 0 Å².